The van der Waals surface area contributed by atoms with Crippen molar-refractivity contribution in [1.29, 1.82) is 15.8 Å². The van der Waals surface area contributed by atoms with E-state index in [0.717, 1.165) is 4.47 Å². The van der Waals surface area contributed by atoms with Crippen LogP contribution in [0.3, 0.4) is 0 Å². The first-order valence-electron chi connectivity index (χ1n) is 5.93. The Kier molecular flexibility index (Phi) is 17.7. The van der Waals surface area contributed by atoms with Crippen LogP contribution in [0.5, 0.6) is 0 Å². The van der Waals surface area contributed by atoms with Gasteiger partial charge in [-0.2, -0.15) is 5.26 Å². The Bertz CT molecular complexity index is 765. The van der Waals surface area contributed by atoms with Crippen molar-refractivity contribution in [3.63, 3.8) is 0 Å². The van der Waals surface area contributed by atoms with Gasteiger partial charge in [0.05, 0.1) is 21.5 Å². The van der Waals surface area contributed by atoms with Crippen molar-refractivity contribution in [2.24, 2.45) is 0 Å². The smallest absolute Gasteiger partial charge is 0.512 e. The van der Waals surface area contributed by atoms with E-state index in [0.29, 0.717) is 5.56 Å². The zero-order valence-corrected chi connectivity index (χ0v) is 17.6. The van der Waals surface area contributed by atoms with Gasteiger partial charge in [0.25, 0.3) is 11.4 Å². The van der Waals surface area contributed by atoms with Crippen LogP contribution in [0.2, 0.25) is 0 Å². The number of non-ortho nitro benzene ring substituents is 2. The third-order valence-corrected chi connectivity index (χ3v) is 2.77. The number of hydrogen-bond donors (Lipinski definition) is 0. The maximum Gasteiger partial charge on any atom is 2.00 e. The van der Waals surface area contributed by atoms with Gasteiger partial charge in [0.2, 0.25) is 0 Å². The predicted octanol–water partition coefficient (Wildman–Crippen LogP) is 4.01. The first-order chi connectivity index (χ1) is 11.9. The van der Waals surface area contributed by atoms with Crippen LogP contribution in [-0.4, -0.2) is 9.85 Å². The number of hydrogen-bond acceptors (Lipinski definition) is 7. The van der Waals surface area contributed by atoms with Crippen LogP contribution < -0.4 is 0 Å². The first-order valence-corrected chi connectivity index (χ1v) is 6.72. The Labute approximate surface area is 170 Å². The minimum Gasteiger partial charge on any atom is -0.512 e. The second kappa shape index (κ2) is 16.7. The van der Waals surface area contributed by atoms with E-state index in [1.54, 1.807) is 12.1 Å². The van der Waals surface area contributed by atoms with Gasteiger partial charge in [0.1, 0.15) is 0 Å². The molecule has 126 valence electrons. The average Bonchev–Trinajstić information content (AvgIpc) is 2.66. The molecule has 11 heteroatoms. The number of halogens is 1. The maximum atomic E-state index is 10.1. The first kappa shape index (κ1) is 27.7. The molecule has 0 spiro atoms. The summed E-state index contributed by atoms with van der Waals surface area (Å²) in [5.74, 6) is 0. The number of nitro benzene ring substituents is 2. The quantitative estimate of drug-likeness (QED) is 0.279. The normalized spacial score (nSPS) is 7.38. The Morgan fingerprint density at radius 2 is 1.12 bits per heavy atom. The van der Waals surface area contributed by atoms with E-state index in [9.17, 15) is 20.2 Å². The van der Waals surface area contributed by atoms with E-state index in [2.05, 4.69) is 15.9 Å². The van der Waals surface area contributed by atoms with Crippen molar-refractivity contribution in [3.05, 3.63) is 91.9 Å². The second-order valence-electron chi connectivity index (χ2n) is 3.65. The predicted molar refractivity (Wildman–Crippen MR) is 88.5 cm³/mol. The van der Waals surface area contributed by atoms with Crippen LogP contribution in [0.4, 0.5) is 11.4 Å². The summed E-state index contributed by atoms with van der Waals surface area (Å²) >= 11 is 3.17. The largest absolute Gasteiger partial charge is 2.00 e. The molecule has 0 aliphatic rings. The van der Waals surface area contributed by atoms with Gasteiger partial charge in [-0.3, -0.25) is 20.2 Å². The molecule has 0 aromatic heterocycles. The molecule has 0 saturated heterocycles. The molecular weight excluding hydrogens is 459 g/mol. The van der Waals surface area contributed by atoms with Gasteiger partial charge in [0, 0.05) is 28.7 Å². The van der Waals surface area contributed by atoms with Crippen LogP contribution in [0.25, 0.3) is 0 Å². The number of nitrogens with zero attached hydrogens (tertiary/aromatic N) is 5. The minimum atomic E-state index is -0.499. The van der Waals surface area contributed by atoms with Crippen molar-refractivity contribution >= 4 is 27.3 Å². The number of nitriles is 1. The molecule has 0 unspecified atom stereocenters. The third kappa shape index (κ3) is 11.4. The molecule has 0 heterocycles. The Balaban J connectivity index is -0.000000332. The fourth-order valence-corrected chi connectivity index (χ4v) is 1.48. The van der Waals surface area contributed by atoms with E-state index in [4.69, 9.17) is 28.9 Å². The standard InChI is InChI=1S/C7H4N2O2.C6H4BrNO2.2CN.Zn/c8-5-6-1-3-7(4-2-6)9(10)11;7-5-1-3-6(4-2-5)8(9)10;2*1-2;/h1-4H;1-4H;;;/q;;2*-1;+2. The maximum absolute atomic E-state index is 10.1. The van der Waals surface area contributed by atoms with Gasteiger partial charge in [-0.05, 0) is 24.3 Å². The van der Waals surface area contributed by atoms with Crippen molar-refractivity contribution in [2.45, 2.75) is 0 Å². The SMILES string of the molecule is N#Cc1ccc([N+](=O)[O-])cc1.O=[N+]([O-])c1ccc(Br)cc1.[C-]#N.[C-]#N.[Zn+2]. The molecule has 0 bridgehead atoms. The van der Waals surface area contributed by atoms with Gasteiger partial charge in [-0.25, -0.2) is 0 Å². The van der Waals surface area contributed by atoms with Gasteiger partial charge < -0.3 is 23.7 Å². The monoisotopic (exact) mass is 465 g/mol. The van der Waals surface area contributed by atoms with Crippen molar-refractivity contribution in [3.8, 4) is 6.07 Å². The molecule has 2 aromatic carbocycles. The van der Waals surface area contributed by atoms with Crippen LogP contribution in [0.15, 0.2) is 53.0 Å². The minimum absolute atomic E-state index is 0. The van der Waals surface area contributed by atoms with E-state index >= 15 is 0 Å². The molecular formula is C15H8BrN5O4Zn. The summed E-state index contributed by atoms with van der Waals surface area (Å²) in [6.07, 6.45) is 0. The number of nitro groups is 2. The third-order valence-electron chi connectivity index (χ3n) is 2.24. The number of benzene rings is 2. The molecule has 26 heavy (non-hydrogen) atoms. The zero-order chi connectivity index (χ0) is 19.8. The molecule has 0 N–H and O–H groups in total. The van der Waals surface area contributed by atoms with Crippen molar-refractivity contribution in [1.82, 2.24) is 0 Å². The molecule has 9 nitrogen and oxygen atoms in total. The van der Waals surface area contributed by atoms with E-state index in [1.165, 1.54) is 36.4 Å². The fraction of sp³-hybridized carbons (Fsp3) is 0. The van der Waals surface area contributed by atoms with E-state index in [-0.39, 0.29) is 30.9 Å². The summed E-state index contributed by atoms with van der Waals surface area (Å²) < 4.78 is 0.845. The molecule has 0 radical (unpaired) electrons. The topological polar surface area (TPSA) is 158 Å². The molecule has 0 amide bonds. The summed E-state index contributed by atoms with van der Waals surface area (Å²) in [6, 6.07) is 13.5. The average molecular weight is 468 g/mol. The summed E-state index contributed by atoms with van der Waals surface area (Å²) in [6.45, 7) is 9.50. The summed E-state index contributed by atoms with van der Waals surface area (Å²) in [7, 11) is 0. The second-order valence-corrected chi connectivity index (χ2v) is 4.56. The van der Waals surface area contributed by atoms with Crippen molar-refractivity contribution in [2.75, 3.05) is 0 Å². The zero-order valence-electron chi connectivity index (χ0n) is 13.1. The van der Waals surface area contributed by atoms with Crippen LogP contribution in [0, 0.1) is 55.2 Å². The molecule has 0 aliphatic heterocycles. The van der Waals surface area contributed by atoms with Crippen LogP contribution >= 0.6 is 15.9 Å². The fourth-order valence-electron chi connectivity index (χ4n) is 1.22. The molecule has 0 saturated carbocycles. The molecule has 0 aliphatic carbocycles. The molecule has 0 fully saturated rings. The van der Waals surface area contributed by atoms with E-state index in [1.807, 2.05) is 6.07 Å². The Hall–Kier alpha value is -3.19. The molecule has 2 rings (SSSR count). The summed E-state index contributed by atoms with van der Waals surface area (Å²) in [5.41, 5.74) is 0.544. The van der Waals surface area contributed by atoms with Crippen LogP contribution in [-0.2, 0) is 19.5 Å². The van der Waals surface area contributed by atoms with E-state index < -0.39 is 9.85 Å². The number of rotatable bonds is 2. The van der Waals surface area contributed by atoms with Crippen LogP contribution in [0.1, 0.15) is 5.56 Å². The summed E-state index contributed by atoms with van der Waals surface area (Å²) in [4.78, 5) is 19.3. The Morgan fingerprint density at radius 3 is 1.38 bits per heavy atom. The molecule has 2 aromatic rings. The molecule has 0 atom stereocenters. The van der Waals surface area contributed by atoms with Gasteiger partial charge in [0.15, 0.2) is 0 Å². The van der Waals surface area contributed by atoms with Gasteiger partial charge in [-0.15, -0.1) is 0 Å². The summed E-state index contributed by atoms with van der Waals surface area (Å²) in [5, 5.41) is 41.1. The van der Waals surface area contributed by atoms with Gasteiger partial charge in [-0.1, -0.05) is 15.9 Å². The Morgan fingerprint density at radius 1 is 0.808 bits per heavy atom. The van der Waals surface area contributed by atoms with Gasteiger partial charge >= 0.3 is 19.5 Å². The van der Waals surface area contributed by atoms with Crippen molar-refractivity contribution < 1.29 is 29.3 Å².